The van der Waals surface area contributed by atoms with E-state index in [1.54, 1.807) is 12.1 Å². The maximum Gasteiger partial charge on any atom is 0.342 e. The van der Waals surface area contributed by atoms with Gasteiger partial charge in [-0.25, -0.2) is 10.2 Å². The number of benzene rings is 1. The molecule has 1 aromatic carbocycles. The lowest BCUT2D eigenvalue weighted by atomic mass is 10.2. The van der Waals surface area contributed by atoms with Crippen LogP contribution >= 0.6 is 11.6 Å². The van der Waals surface area contributed by atoms with Gasteiger partial charge in [0.2, 0.25) is 0 Å². The number of rotatable bonds is 2. The molecule has 0 unspecified atom stereocenters. The fourth-order valence-electron chi connectivity index (χ4n) is 1.62. The maximum atomic E-state index is 11.7. The van der Waals surface area contributed by atoms with Crippen LogP contribution in [0.15, 0.2) is 23.3 Å². The van der Waals surface area contributed by atoms with E-state index in [4.69, 9.17) is 11.6 Å². The van der Waals surface area contributed by atoms with E-state index in [9.17, 15) is 9.90 Å². The average molecular weight is 254 g/mol. The van der Waals surface area contributed by atoms with Crippen LogP contribution in [0.5, 0.6) is 5.75 Å². The summed E-state index contributed by atoms with van der Waals surface area (Å²) in [7, 11) is 0. The number of hydrogen-bond acceptors (Lipinski definition) is 3. The van der Waals surface area contributed by atoms with Gasteiger partial charge in [0.1, 0.15) is 11.4 Å². The number of para-hydroxylation sites is 1. The Hall–Kier alpha value is -1.75. The van der Waals surface area contributed by atoms with Crippen molar-refractivity contribution < 1.29 is 9.90 Å². The van der Waals surface area contributed by atoms with Gasteiger partial charge in [-0.05, 0) is 18.6 Å². The molecular formula is C11H12ClN3O2. The fraction of sp³-hybridized carbons (Fsp3) is 0.273. The van der Waals surface area contributed by atoms with Gasteiger partial charge in [-0.2, -0.15) is 5.10 Å². The zero-order chi connectivity index (χ0) is 12.4. The van der Waals surface area contributed by atoms with Crippen molar-refractivity contribution in [2.75, 3.05) is 11.4 Å². The number of phenolic OH excluding ortho intramolecular Hbond substituents is 1. The summed E-state index contributed by atoms with van der Waals surface area (Å²) in [4.78, 5) is 13.1. The first kappa shape index (κ1) is 11.7. The number of hydrazone groups is 1. The number of carbonyl (C=O) groups is 1. The van der Waals surface area contributed by atoms with Crippen LogP contribution in [-0.2, 0) is 0 Å². The molecule has 2 amide bonds. The Morgan fingerprint density at radius 2 is 2.35 bits per heavy atom. The Balaban J connectivity index is 2.40. The van der Waals surface area contributed by atoms with E-state index in [0.717, 1.165) is 12.1 Å². The molecule has 2 rings (SSSR count). The van der Waals surface area contributed by atoms with Gasteiger partial charge in [-0.3, -0.25) is 4.90 Å². The van der Waals surface area contributed by atoms with Crippen molar-refractivity contribution in [2.24, 2.45) is 5.10 Å². The lowest BCUT2D eigenvalue weighted by Gasteiger charge is -2.27. The highest BCUT2D eigenvalue weighted by atomic mass is 35.5. The lowest BCUT2D eigenvalue weighted by Crippen LogP contribution is -2.46. The molecule has 0 fully saturated rings. The second-order valence-electron chi connectivity index (χ2n) is 3.64. The van der Waals surface area contributed by atoms with Gasteiger partial charge in [0, 0.05) is 0 Å². The predicted octanol–water partition coefficient (Wildman–Crippen LogP) is 2.34. The number of carbonyl (C=O) groups excluding carboxylic acids is 1. The van der Waals surface area contributed by atoms with Crippen molar-refractivity contribution in [1.29, 1.82) is 0 Å². The number of anilines is 1. The van der Waals surface area contributed by atoms with Crippen molar-refractivity contribution in [3.05, 3.63) is 23.2 Å². The van der Waals surface area contributed by atoms with Gasteiger partial charge >= 0.3 is 6.03 Å². The SMILES string of the molecule is CCC1=NNC(=O)N(c2c(O)cccc2Cl)C1. The van der Waals surface area contributed by atoms with E-state index in [1.807, 2.05) is 6.92 Å². The van der Waals surface area contributed by atoms with E-state index < -0.39 is 6.03 Å². The van der Waals surface area contributed by atoms with Gasteiger partial charge in [0.05, 0.1) is 17.3 Å². The molecule has 2 N–H and O–H groups in total. The van der Waals surface area contributed by atoms with Crippen molar-refractivity contribution in [1.82, 2.24) is 5.43 Å². The number of hydrogen-bond donors (Lipinski definition) is 2. The fourth-order valence-corrected chi connectivity index (χ4v) is 1.89. The van der Waals surface area contributed by atoms with Crippen LogP contribution in [0, 0.1) is 0 Å². The molecule has 6 heteroatoms. The second-order valence-corrected chi connectivity index (χ2v) is 4.05. The standard InChI is InChI=1S/C11H12ClN3O2/c1-2-7-6-15(11(17)14-13-7)10-8(12)4-3-5-9(10)16/h3-5,16H,2,6H2,1H3,(H,14,17). The molecule has 1 aliphatic heterocycles. The Labute approximate surface area is 104 Å². The third-order valence-corrected chi connectivity index (χ3v) is 2.84. The Morgan fingerprint density at radius 3 is 3.00 bits per heavy atom. The quantitative estimate of drug-likeness (QED) is 0.850. The van der Waals surface area contributed by atoms with Gasteiger partial charge in [0.15, 0.2) is 0 Å². The van der Waals surface area contributed by atoms with E-state index in [-0.39, 0.29) is 5.75 Å². The molecule has 0 aliphatic carbocycles. The zero-order valence-electron chi connectivity index (χ0n) is 9.27. The first-order chi connectivity index (χ1) is 8.13. The van der Waals surface area contributed by atoms with Crippen LogP contribution in [0.2, 0.25) is 5.02 Å². The number of nitrogens with one attached hydrogen (secondary N) is 1. The molecule has 1 aliphatic rings. The van der Waals surface area contributed by atoms with Crippen molar-refractivity contribution in [3.8, 4) is 5.75 Å². The molecule has 0 saturated heterocycles. The Bertz CT molecular complexity index is 467. The summed E-state index contributed by atoms with van der Waals surface area (Å²) in [6.07, 6.45) is 0.724. The zero-order valence-corrected chi connectivity index (χ0v) is 10.0. The third kappa shape index (κ3) is 2.19. The van der Waals surface area contributed by atoms with Crippen molar-refractivity contribution >= 4 is 29.0 Å². The molecule has 0 bridgehead atoms. The highest BCUT2D eigenvalue weighted by Gasteiger charge is 2.25. The topological polar surface area (TPSA) is 64.9 Å². The number of halogens is 1. The summed E-state index contributed by atoms with van der Waals surface area (Å²) in [5.74, 6) is -0.0231. The highest BCUT2D eigenvalue weighted by Crippen LogP contribution is 2.35. The van der Waals surface area contributed by atoms with Crippen LogP contribution in [0.4, 0.5) is 10.5 Å². The Morgan fingerprint density at radius 1 is 1.59 bits per heavy atom. The first-order valence-electron chi connectivity index (χ1n) is 5.24. The number of nitrogens with zero attached hydrogens (tertiary/aromatic N) is 2. The van der Waals surface area contributed by atoms with Crippen molar-refractivity contribution in [2.45, 2.75) is 13.3 Å². The van der Waals surface area contributed by atoms with Gasteiger partial charge < -0.3 is 5.11 Å². The van der Waals surface area contributed by atoms with E-state index >= 15 is 0 Å². The molecular weight excluding hydrogens is 242 g/mol. The minimum Gasteiger partial charge on any atom is -0.506 e. The highest BCUT2D eigenvalue weighted by molar-refractivity contribution is 6.34. The average Bonchev–Trinajstić information content (AvgIpc) is 2.31. The Kier molecular flexibility index (Phi) is 3.19. The molecule has 1 aromatic rings. The molecule has 17 heavy (non-hydrogen) atoms. The minimum absolute atomic E-state index is 0.0231. The number of phenols is 1. The molecule has 90 valence electrons. The first-order valence-corrected chi connectivity index (χ1v) is 5.61. The van der Waals surface area contributed by atoms with Crippen LogP contribution in [0.25, 0.3) is 0 Å². The molecule has 5 nitrogen and oxygen atoms in total. The summed E-state index contributed by atoms with van der Waals surface area (Å²) in [5.41, 5.74) is 3.53. The monoisotopic (exact) mass is 253 g/mol. The summed E-state index contributed by atoms with van der Waals surface area (Å²) in [6, 6.07) is 4.34. The summed E-state index contributed by atoms with van der Waals surface area (Å²) >= 11 is 6.00. The summed E-state index contributed by atoms with van der Waals surface area (Å²) in [6.45, 7) is 2.28. The third-order valence-electron chi connectivity index (χ3n) is 2.54. The molecule has 1 heterocycles. The molecule has 0 saturated carbocycles. The van der Waals surface area contributed by atoms with Crippen LogP contribution < -0.4 is 10.3 Å². The summed E-state index contributed by atoms with van der Waals surface area (Å²) in [5, 5.41) is 14.0. The second kappa shape index (κ2) is 4.63. The van der Waals surface area contributed by atoms with E-state index in [1.165, 1.54) is 11.0 Å². The smallest absolute Gasteiger partial charge is 0.342 e. The normalized spacial score (nSPS) is 15.5. The van der Waals surface area contributed by atoms with Gasteiger partial charge in [-0.1, -0.05) is 24.6 Å². The number of amides is 2. The predicted molar refractivity (Wildman–Crippen MR) is 66.7 cm³/mol. The van der Waals surface area contributed by atoms with Crippen LogP contribution in [0.3, 0.4) is 0 Å². The lowest BCUT2D eigenvalue weighted by molar-refractivity contribution is 0.246. The minimum atomic E-state index is -0.398. The molecule has 0 spiro atoms. The van der Waals surface area contributed by atoms with Crippen LogP contribution in [0.1, 0.15) is 13.3 Å². The van der Waals surface area contributed by atoms with E-state index in [2.05, 4.69) is 10.5 Å². The van der Waals surface area contributed by atoms with Gasteiger partial charge in [0.25, 0.3) is 0 Å². The maximum absolute atomic E-state index is 11.7. The van der Waals surface area contributed by atoms with Crippen LogP contribution in [-0.4, -0.2) is 23.4 Å². The number of urea groups is 1. The van der Waals surface area contributed by atoms with E-state index in [0.29, 0.717) is 17.3 Å². The van der Waals surface area contributed by atoms with Gasteiger partial charge in [-0.15, -0.1) is 0 Å². The summed E-state index contributed by atoms with van der Waals surface area (Å²) < 4.78 is 0. The molecule has 0 radical (unpaired) electrons. The largest absolute Gasteiger partial charge is 0.506 e. The molecule has 0 aromatic heterocycles. The number of aromatic hydroxyl groups is 1. The van der Waals surface area contributed by atoms with Crippen molar-refractivity contribution in [3.63, 3.8) is 0 Å². The molecule has 0 atom stereocenters.